The van der Waals surface area contributed by atoms with Gasteiger partial charge in [0.05, 0.1) is 12.7 Å². The van der Waals surface area contributed by atoms with Crippen molar-refractivity contribution in [2.75, 3.05) is 6.61 Å². The molecule has 0 saturated carbocycles. The minimum absolute atomic E-state index is 0.0889. The largest absolute Gasteiger partial charge is 0.494 e. The molecule has 0 aliphatic carbocycles. The monoisotopic (exact) mass is 271 g/mol. The maximum Gasteiger partial charge on any atom is 0.229 e. The summed E-state index contributed by atoms with van der Waals surface area (Å²) < 4.78 is 10.7. The van der Waals surface area contributed by atoms with Crippen molar-refractivity contribution in [3.63, 3.8) is 0 Å². The third kappa shape index (κ3) is 3.35. The van der Waals surface area contributed by atoms with Gasteiger partial charge < -0.3 is 9.26 Å². The van der Waals surface area contributed by atoms with Gasteiger partial charge in [-0.15, -0.1) is 0 Å². The fraction of sp³-hybridized carbons (Fsp3) is 0.400. The first-order chi connectivity index (χ1) is 9.74. The van der Waals surface area contributed by atoms with Crippen LogP contribution in [-0.4, -0.2) is 16.7 Å². The van der Waals surface area contributed by atoms with Gasteiger partial charge in [0.15, 0.2) is 0 Å². The maximum atomic E-state index is 8.60. The Kier molecular flexibility index (Phi) is 4.72. The Hall–Kier alpha value is -2.35. The third-order valence-corrected chi connectivity index (χ3v) is 2.96. The molecule has 1 unspecified atom stereocenters. The maximum absolute atomic E-state index is 8.60. The van der Waals surface area contributed by atoms with Gasteiger partial charge in [-0.05, 0) is 25.5 Å². The van der Waals surface area contributed by atoms with Crippen molar-refractivity contribution >= 4 is 0 Å². The second-order valence-electron chi connectivity index (χ2n) is 4.51. The topological polar surface area (TPSA) is 71.9 Å². The normalized spacial score (nSPS) is 11.8. The number of nitriles is 1. The van der Waals surface area contributed by atoms with Gasteiger partial charge >= 0.3 is 0 Å². The predicted molar refractivity (Wildman–Crippen MR) is 74.2 cm³/mol. The predicted octanol–water partition coefficient (Wildman–Crippen LogP) is 3.54. The highest BCUT2D eigenvalue weighted by Gasteiger charge is 2.15. The molecule has 1 aromatic heterocycles. The summed E-state index contributed by atoms with van der Waals surface area (Å²) in [5, 5.41) is 12.6. The van der Waals surface area contributed by atoms with E-state index in [1.807, 2.05) is 38.1 Å². The molecule has 0 aliphatic rings. The summed E-state index contributed by atoms with van der Waals surface area (Å²) in [7, 11) is 0. The summed E-state index contributed by atoms with van der Waals surface area (Å²) in [6, 6.07) is 9.71. The standard InChI is InChI=1S/C15H17N3O2/c1-3-19-13-8-4-7-12(10-13)14-17-15(20-18-14)11(2)6-5-9-16/h4,7-8,10-11H,3,5-6H2,1-2H3. The molecule has 0 amide bonds. The number of nitrogens with zero attached hydrogens (tertiary/aromatic N) is 3. The highest BCUT2D eigenvalue weighted by atomic mass is 16.5. The summed E-state index contributed by atoms with van der Waals surface area (Å²) >= 11 is 0. The SMILES string of the molecule is CCOc1cccc(-c2noc(C(C)CCC#N)n2)c1. The van der Waals surface area contributed by atoms with Crippen LogP contribution >= 0.6 is 0 Å². The molecule has 104 valence electrons. The summed E-state index contributed by atoms with van der Waals surface area (Å²) in [5.74, 6) is 1.99. The minimum atomic E-state index is 0.0889. The van der Waals surface area contributed by atoms with E-state index in [1.54, 1.807) is 0 Å². The molecule has 0 saturated heterocycles. The Bertz CT molecular complexity index is 601. The molecule has 0 fully saturated rings. The van der Waals surface area contributed by atoms with Crippen molar-refractivity contribution in [1.29, 1.82) is 5.26 Å². The van der Waals surface area contributed by atoms with Gasteiger partial charge in [-0.1, -0.05) is 24.2 Å². The molecular weight excluding hydrogens is 254 g/mol. The molecule has 1 aromatic carbocycles. The van der Waals surface area contributed by atoms with E-state index >= 15 is 0 Å². The summed E-state index contributed by atoms with van der Waals surface area (Å²) in [6.07, 6.45) is 1.20. The molecule has 5 nitrogen and oxygen atoms in total. The molecule has 1 atom stereocenters. The van der Waals surface area contributed by atoms with Gasteiger partial charge in [0.2, 0.25) is 11.7 Å². The van der Waals surface area contributed by atoms with Crippen LogP contribution in [-0.2, 0) is 0 Å². The quantitative estimate of drug-likeness (QED) is 0.803. The van der Waals surface area contributed by atoms with Crippen molar-refractivity contribution in [3.05, 3.63) is 30.2 Å². The molecule has 0 bridgehead atoms. The van der Waals surface area contributed by atoms with Crippen molar-refractivity contribution < 1.29 is 9.26 Å². The Labute approximate surface area is 118 Å². The summed E-state index contributed by atoms with van der Waals surface area (Å²) in [5.41, 5.74) is 0.860. The molecule has 0 aliphatic heterocycles. The second-order valence-corrected chi connectivity index (χ2v) is 4.51. The molecule has 2 rings (SSSR count). The number of hydrogen-bond acceptors (Lipinski definition) is 5. The lowest BCUT2D eigenvalue weighted by atomic mass is 10.1. The van der Waals surface area contributed by atoms with E-state index in [1.165, 1.54) is 0 Å². The van der Waals surface area contributed by atoms with Crippen molar-refractivity contribution in [3.8, 4) is 23.2 Å². The molecule has 5 heteroatoms. The second kappa shape index (κ2) is 6.71. The molecule has 0 spiro atoms. The van der Waals surface area contributed by atoms with Crippen molar-refractivity contribution in [2.45, 2.75) is 32.6 Å². The van der Waals surface area contributed by atoms with Crippen LogP contribution in [0.4, 0.5) is 0 Å². The van der Waals surface area contributed by atoms with Crippen molar-refractivity contribution in [2.24, 2.45) is 0 Å². The van der Waals surface area contributed by atoms with Gasteiger partial charge in [-0.25, -0.2) is 0 Å². The van der Waals surface area contributed by atoms with E-state index in [4.69, 9.17) is 14.5 Å². The fourth-order valence-electron chi connectivity index (χ4n) is 1.85. The fourth-order valence-corrected chi connectivity index (χ4v) is 1.85. The average Bonchev–Trinajstić information content (AvgIpc) is 2.95. The van der Waals surface area contributed by atoms with Crippen LogP contribution in [0.15, 0.2) is 28.8 Å². The summed E-state index contributed by atoms with van der Waals surface area (Å²) in [6.45, 7) is 4.54. The van der Waals surface area contributed by atoms with E-state index < -0.39 is 0 Å². The lowest BCUT2D eigenvalue weighted by molar-refractivity contribution is 0.340. The molecule has 0 N–H and O–H groups in total. The van der Waals surface area contributed by atoms with Crippen LogP contribution in [0.2, 0.25) is 0 Å². The van der Waals surface area contributed by atoms with Gasteiger partial charge in [-0.3, -0.25) is 0 Å². The highest BCUT2D eigenvalue weighted by Crippen LogP contribution is 2.25. The molecule has 2 aromatic rings. The van der Waals surface area contributed by atoms with E-state index in [2.05, 4.69) is 16.2 Å². The Morgan fingerprint density at radius 2 is 2.30 bits per heavy atom. The van der Waals surface area contributed by atoms with Gasteiger partial charge in [0.25, 0.3) is 0 Å². The highest BCUT2D eigenvalue weighted by molar-refractivity contribution is 5.56. The van der Waals surface area contributed by atoms with Crippen LogP contribution in [0.25, 0.3) is 11.4 Å². The van der Waals surface area contributed by atoms with Crippen LogP contribution in [0.1, 0.15) is 38.5 Å². The lowest BCUT2D eigenvalue weighted by Crippen LogP contribution is -1.94. The van der Waals surface area contributed by atoms with Gasteiger partial charge in [0, 0.05) is 17.9 Å². The van der Waals surface area contributed by atoms with E-state index in [0.717, 1.165) is 17.7 Å². The van der Waals surface area contributed by atoms with E-state index in [-0.39, 0.29) is 5.92 Å². The Morgan fingerprint density at radius 1 is 1.45 bits per heavy atom. The molecular formula is C15H17N3O2. The molecule has 0 radical (unpaired) electrons. The first kappa shape index (κ1) is 14.1. The summed E-state index contributed by atoms with van der Waals surface area (Å²) in [4.78, 5) is 4.39. The van der Waals surface area contributed by atoms with Crippen LogP contribution < -0.4 is 4.74 Å². The van der Waals surface area contributed by atoms with E-state index in [9.17, 15) is 0 Å². The van der Waals surface area contributed by atoms with Crippen molar-refractivity contribution in [1.82, 2.24) is 10.1 Å². The number of ether oxygens (including phenoxy) is 1. The number of hydrogen-bond donors (Lipinski definition) is 0. The average molecular weight is 271 g/mol. The first-order valence-electron chi connectivity index (χ1n) is 6.68. The van der Waals surface area contributed by atoms with E-state index in [0.29, 0.717) is 24.7 Å². The molecule has 1 heterocycles. The zero-order valence-corrected chi connectivity index (χ0v) is 11.7. The number of benzene rings is 1. The zero-order chi connectivity index (χ0) is 14.4. The van der Waals surface area contributed by atoms with Gasteiger partial charge in [-0.2, -0.15) is 10.2 Å². The first-order valence-corrected chi connectivity index (χ1v) is 6.68. The lowest BCUT2D eigenvalue weighted by Gasteiger charge is -2.03. The van der Waals surface area contributed by atoms with Crippen LogP contribution in [0.3, 0.4) is 0 Å². The molecule has 20 heavy (non-hydrogen) atoms. The minimum Gasteiger partial charge on any atom is -0.494 e. The Morgan fingerprint density at radius 3 is 3.05 bits per heavy atom. The number of rotatable bonds is 6. The third-order valence-electron chi connectivity index (χ3n) is 2.96. The smallest absolute Gasteiger partial charge is 0.229 e. The van der Waals surface area contributed by atoms with Gasteiger partial charge in [0.1, 0.15) is 5.75 Å². The van der Waals surface area contributed by atoms with Crippen LogP contribution in [0, 0.1) is 11.3 Å². The van der Waals surface area contributed by atoms with Crippen LogP contribution in [0.5, 0.6) is 5.75 Å². The zero-order valence-electron chi connectivity index (χ0n) is 11.7. The Balaban J connectivity index is 2.16. The number of aromatic nitrogens is 2.